The van der Waals surface area contributed by atoms with E-state index in [2.05, 4.69) is 51.3 Å². The summed E-state index contributed by atoms with van der Waals surface area (Å²) in [5, 5.41) is 17.2. The van der Waals surface area contributed by atoms with Crippen molar-refractivity contribution in [1.29, 1.82) is 0 Å². The molecule has 0 fully saturated rings. The fraction of sp³-hybridized carbons (Fsp3) is 0.276. The van der Waals surface area contributed by atoms with Gasteiger partial charge < -0.3 is 9.64 Å². The molecule has 7 heteroatoms. The van der Waals surface area contributed by atoms with Gasteiger partial charge in [-0.05, 0) is 92.6 Å². The number of rotatable bonds is 12. The molecule has 0 saturated carbocycles. The van der Waals surface area contributed by atoms with Gasteiger partial charge in [0, 0.05) is 25.2 Å². The van der Waals surface area contributed by atoms with Crippen molar-refractivity contribution in [2.75, 3.05) is 18.0 Å². The third kappa shape index (κ3) is 8.58. The SMILES string of the molecule is CCCCC(=O)OC=Cc1ccc(N=Nc2ccc(N=Nc3ccc(N(CC)CC)cc3)cc2)cc1. The van der Waals surface area contributed by atoms with E-state index in [1.54, 1.807) is 6.08 Å². The molecular formula is C29H33N5O2. The normalized spacial score (nSPS) is 11.5. The Bertz CT molecular complexity index is 1160. The lowest BCUT2D eigenvalue weighted by Gasteiger charge is -2.20. The highest BCUT2D eigenvalue weighted by Crippen LogP contribution is 2.25. The Labute approximate surface area is 213 Å². The van der Waals surface area contributed by atoms with Gasteiger partial charge in [-0.25, -0.2) is 0 Å². The molecule has 0 saturated heterocycles. The average Bonchev–Trinajstić information content (AvgIpc) is 2.92. The Morgan fingerprint density at radius 2 is 1.17 bits per heavy atom. The van der Waals surface area contributed by atoms with Crippen molar-refractivity contribution in [3.63, 3.8) is 0 Å². The van der Waals surface area contributed by atoms with Crippen LogP contribution in [0.2, 0.25) is 0 Å². The number of unbranched alkanes of at least 4 members (excludes halogenated alkanes) is 1. The van der Waals surface area contributed by atoms with Gasteiger partial charge in [-0.15, -0.1) is 0 Å². The molecule has 186 valence electrons. The molecule has 7 nitrogen and oxygen atoms in total. The number of carbonyl (C=O) groups excluding carboxylic acids is 1. The van der Waals surface area contributed by atoms with Crippen molar-refractivity contribution < 1.29 is 9.53 Å². The van der Waals surface area contributed by atoms with Crippen LogP contribution in [0.1, 0.15) is 45.6 Å². The van der Waals surface area contributed by atoms with Crippen LogP contribution in [0.4, 0.5) is 28.4 Å². The molecular weight excluding hydrogens is 450 g/mol. The summed E-state index contributed by atoms with van der Waals surface area (Å²) in [5.74, 6) is -0.212. The van der Waals surface area contributed by atoms with E-state index in [1.807, 2.05) is 67.6 Å². The Morgan fingerprint density at radius 1 is 0.722 bits per heavy atom. The molecule has 0 unspecified atom stereocenters. The van der Waals surface area contributed by atoms with Crippen LogP contribution in [0.25, 0.3) is 6.08 Å². The largest absolute Gasteiger partial charge is 0.434 e. The number of esters is 1. The molecule has 0 aliphatic rings. The molecule has 0 amide bonds. The van der Waals surface area contributed by atoms with Crippen molar-refractivity contribution in [3.8, 4) is 0 Å². The maximum absolute atomic E-state index is 11.5. The summed E-state index contributed by atoms with van der Waals surface area (Å²) >= 11 is 0. The van der Waals surface area contributed by atoms with Gasteiger partial charge in [-0.2, -0.15) is 20.5 Å². The summed E-state index contributed by atoms with van der Waals surface area (Å²) in [6.07, 6.45) is 5.42. The molecule has 36 heavy (non-hydrogen) atoms. The zero-order valence-electron chi connectivity index (χ0n) is 21.2. The first kappa shape index (κ1) is 26.5. The van der Waals surface area contributed by atoms with E-state index in [1.165, 1.54) is 11.9 Å². The van der Waals surface area contributed by atoms with Crippen LogP contribution in [0.15, 0.2) is 99.5 Å². The minimum Gasteiger partial charge on any atom is -0.434 e. The minimum atomic E-state index is -0.212. The summed E-state index contributed by atoms with van der Waals surface area (Å²) in [4.78, 5) is 13.8. The van der Waals surface area contributed by atoms with Gasteiger partial charge in [-0.1, -0.05) is 25.5 Å². The smallest absolute Gasteiger partial charge is 0.310 e. The van der Waals surface area contributed by atoms with Crippen LogP contribution >= 0.6 is 0 Å². The maximum Gasteiger partial charge on any atom is 0.310 e. The summed E-state index contributed by atoms with van der Waals surface area (Å²) in [7, 11) is 0. The molecule has 0 atom stereocenters. The van der Waals surface area contributed by atoms with Crippen LogP contribution < -0.4 is 4.90 Å². The number of ether oxygens (including phenoxy) is 1. The fourth-order valence-electron chi connectivity index (χ4n) is 3.36. The third-order valence-electron chi connectivity index (χ3n) is 5.48. The highest BCUT2D eigenvalue weighted by Gasteiger charge is 2.01. The number of azo groups is 2. The quantitative estimate of drug-likeness (QED) is 0.146. The van der Waals surface area contributed by atoms with Crippen molar-refractivity contribution >= 4 is 40.5 Å². The number of hydrogen-bond acceptors (Lipinski definition) is 7. The van der Waals surface area contributed by atoms with Gasteiger partial charge in [0.25, 0.3) is 0 Å². The van der Waals surface area contributed by atoms with E-state index in [9.17, 15) is 4.79 Å². The molecule has 0 aliphatic carbocycles. The highest BCUT2D eigenvalue weighted by molar-refractivity contribution is 5.70. The Balaban J connectivity index is 1.52. The maximum atomic E-state index is 11.5. The van der Waals surface area contributed by atoms with Gasteiger partial charge >= 0.3 is 5.97 Å². The Hall–Kier alpha value is -4.13. The second kappa shape index (κ2) is 14.3. The first-order valence-corrected chi connectivity index (χ1v) is 12.4. The van der Waals surface area contributed by atoms with Gasteiger partial charge in [0.05, 0.1) is 29.0 Å². The molecule has 0 heterocycles. The topological polar surface area (TPSA) is 79.0 Å². The molecule has 0 bridgehead atoms. The molecule has 3 aromatic rings. The summed E-state index contributed by atoms with van der Waals surface area (Å²) in [5.41, 5.74) is 5.10. The van der Waals surface area contributed by atoms with Crippen LogP contribution in [-0.4, -0.2) is 19.1 Å². The van der Waals surface area contributed by atoms with Crippen molar-refractivity contribution in [2.45, 2.75) is 40.0 Å². The summed E-state index contributed by atoms with van der Waals surface area (Å²) in [6, 6.07) is 23.0. The highest BCUT2D eigenvalue weighted by atomic mass is 16.5. The van der Waals surface area contributed by atoms with E-state index in [0.717, 1.165) is 54.2 Å². The molecule has 0 spiro atoms. The minimum absolute atomic E-state index is 0.212. The van der Waals surface area contributed by atoms with Crippen LogP contribution in [0, 0.1) is 0 Å². The first-order chi connectivity index (χ1) is 17.6. The predicted molar refractivity (Wildman–Crippen MR) is 146 cm³/mol. The van der Waals surface area contributed by atoms with Crippen LogP contribution in [-0.2, 0) is 9.53 Å². The Morgan fingerprint density at radius 3 is 1.61 bits per heavy atom. The van der Waals surface area contributed by atoms with Crippen LogP contribution in [0.3, 0.4) is 0 Å². The van der Waals surface area contributed by atoms with E-state index in [0.29, 0.717) is 6.42 Å². The van der Waals surface area contributed by atoms with Gasteiger partial charge in [0.2, 0.25) is 0 Å². The number of carbonyl (C=O) groups is 1. The average molecular weight is 484 g/mol. The Kier molecular flexibility index (Phi) is 10.5. The summed E-state index contributed by atoms with van der Waals surface area (Å²) < 4.78 is 5.08. The molecule has 3 aromatic carbocycles. The molecule has 0 N–H and O–H groups in total. The monoisotopic (exact) mass is 483 g/mol. The molecule has 0 radical (unpaired) electrons. The van der Waals surface area contributed by atoms with Crippen molar-refractivity contribution in [3.05, 3.63) is 84.6 Å². The third-order valence-corrected chi connectivity index (χ3v) is 5.48. The zero-order chi connectivity index (χ0) is 25.6. The van der Waals surface area contributed by atoms with E-state index >= 15 is 0 Å². The second-order valence-electron chi connectivity index (χ2n) is 8.09. The zero-order valence-corrected chi connectivity index (χ0v) is 21.2. The molecule has 3 rings (SSSR count). The standard InChI is InChI=1S/C29H33N5O2/c1-4-7-8-29(35)36-22-21-23-9-11-24(12-10-23)30-31-25-13-15-26(16-14-25)32-33-27-17-19-28(20-18-27)34(5-2)6-3/h9-22H,4-8H2,1-3H3. The van der Waals surface area contributed by atoms with Gasteiger partial charge in [0.15, 0.2) is 0 Å². The lowest BCUT2D eigenvalue weighted by Crippen LogP contribution is -2.21. The van der Waals surface area contributed by atoms with Crippen molar-refractivity contribution in [1.82, 2.24) is 0 Å². The lowest BCUT2D eigenvalue weighted by atomic mass is 10.2. The van der Waals surface area contributed by atoms with E-state index in [4.69, 9.17) is 4.74 Å². The van der Waals surface area contributed by atoms with Gasteiger partial charge in [-0.3, -0.25) is 4.79 Å². The lowest BCUT2D eigenvalue weighted by molar-refractivity contribution is -0.138. The van der Waals surface area contributed by atoms with Crippen LogP contribution in [0.5, 0.6) is 0 Å². The number of hydrogen-bond donors (Lipinski definition) is 0. The fourth-order valence-corrected chi connectivity index (χ4v) is 3.36. The van der Waals surface area contributed by atoms with Gasteiger partial charge in [0.1, 0.15) is 0 Å². The number of anilines is 1. The number of benzene rings is 3. The number of nitrogens with zero attached hydrogens (tertiary/aromatic N) is 5. The molecule has 0 aromatic heterocycles. The summed E-state index contributed by atoms with van der Waals surface area (Å²) in [6.45, 7) is 8.28. The van der Waals surface area contributed by atoms with E-state index < -0.39 is 0 Å². The predicted octanol–water partition coefficient (Wildman–Crippen LogP) is 9.07. The second-order valence-corrected chi connectivity index (χ2v) is 8.09. The molecule has 0 aliphatic heterocycles. The van der Waals surface area contributed by atoms with E-state index in [-0.39, 0.29) is 5.97 Å². The van der Waals surface area contributed by atoms with Crippen molar-refractivity contribution in [2.24, 2.45) is 20.5 Å². The first-order valence-electron chi connectivity index (χ1n) is 12.4.